The lowest BCUT2D eigenvalue weighted by molar-refractivity contribution is -0.128. The first kappa shape index (κ1) is 30.1. The molecule has 3 fully saturated rings. The number of carbonyl (C=O) groups excluding carboxylic acids is 1. The van der Waals surface area contributed by atoms with E-state index in [2.05, 4.69) is 17.5 Å². The summed E-state index contributed by atoms with van der Waals surface area (Å²) in [6.07, 6.45) is 6.12. The maximum Gasteiger partial charge on any atom is 0.320 e. The Labute approximate surface area is 268 Å². The van der Waals surface area contributed by atoms with Gasteiger partial charge in [-0.2, -0.15) is 15.2 Å². The van der Waals surface area contributed by atoms with Crippen LogP contribution in [0.1, 0.15) is 37.7 Å². The van der Waals surface area contributed by atoms with E-state index in [-0.39, 0.29) is 35.5 Å². The molecule has 9 nitrogen and oxygen atoms in total. The minimum Gasteiger partial charge on any atom is -0.463 e. The first-order valence-corrected chi connectivity index (χ1v) is 16.2. The molecule has 10 heteroatoms. The molecule has 1 amide bonds. The number of benzene rings is 2. The molecule has 0 unspecified atom stereocenters. The van der Waals surface area contributed by atoms with Crippen molar-refractivity contribution < 1.29 is 13.9 Å². The fraction of sp³-hybridized carbons (Fsp3) is 0.417. The first-order valence-electron chi connectivity index (χ1n) is 16.2. The number of aromatic nitrogens is 3. The number of piperazine rings is 1. The minimum atomic E-state index is -0.474. The molecule has 2 aromatic carbocycles. The van der Waals surface area contributed by atoms with Crippen LogP contribution in [0.5, 0.6) is 6.01 Å². The van der Waals surface area contributed by atoms with Crippen molar-refractivity contribution in [1.29, 1.82) is 5.26 Å². The van der Waals surface area contributed by atoms with Gasteiger partial charge in [-0.25, -0.2) is 9.37 Å². The number of pyridine rings is 1. The van der Waals surface area contributed by atoms with Crippen LogP contribution in [-0.2, 0) is 4.79 Å². The van der Waals surface area contributed by atoms with Crippen LogP contribution in [-0.4, -0.2) is 82.6 Å². The second-order valence-electron chi connectivity index (χ2n) is 13.0. The quantitative estimate of drug-likeness (QED) is 0.221. The Bertz CT molecular complexity index is 1860. The molecule has 236 valence electrons. The van der Waals surface area contributed by atoms with Gasteiger partial charge in [0.1, 0.15) is 17.3 Å². The molecule has 1 aliphatic carbocycles. The van der Waals surface area contributed by atoms with E-state index in [1.165, 1.54) is 25.0 Å². The summed E-state index contributed by atoms with van der Waals surface area (Å²) >= 11 is 0. The molecule has 1 atom stereocenters. The van der Waals surface area contributed by atoms with E-state index in [4.69, 9.17) is 19.7 Å². The highest BCUT2D eigenvalue weighted by Gasteiger charge is 2.45. The third-order valence-electron chi connectivity index (χ3n) is 9.76. The Morgan fingerprint density at radius 3 is 2.65 bits per heavy atom. The minimum absolute atomic E-state index is 0.0965. The van der Waals surface area contributed by atoms with E-state index in [1.807, 2.05) is 48.2 Å². The van der Waals surface area contributed by atoms with Crippen molar-refractivity contribution >= 4 is 33.5 Å². The van der Waals surface area contributed by atoms with Gasteiger partial charge >= 0.3 is 6.01 Å². The Morgan fingerprint density at radius 1 is 1.13 bits per heavy atom. The summed E-state index contributed by atoms with van der Waals surface area (Å²) in [4.78, 5) is 33.2. The van der Waals surface area contributed by atoms with Crippen molar-refractivity contribution in [3.63, 3.8) is 0 Å². The number of anilines is 1. The molecular weight excluding hydrogens is 581 g/mol. The van der Waals surface area contributed by atoms with Crippen LogP contribution in [0.4, 0.5) is 10.2 Å². The van der Waals surface area contributed by atoms with Gasteiger partial charge in [0.15, 0.2) is 5.65 Å². The molecular formula is C36H38FN7O2. The predicted octanol–water partition coefficient (Wildman–Crippen LogP) is 5.66. The number of nitriles is 1. The van der Waals surface area contributed by atoms with Crippen LogP contribution in [0.15, 0.2) is 55.1 Å². The van der Waals surface area contributed by atoms with Gasteiger partial charge in [0.2, 0.25) is 5.91 Å². The monoisotopic (exact) mass is 619 g/mol. The largest absolute Gasteiger partial charge is 0.463 e. The van der Waals surface area contributed by atoms with E-state index in [0.29, 0.717) is 48.7 Å². The zero-order valence-electron chi connectivity index (χ0n) is 26.2. The number of likely N-dealkylation sites (tertiary alicyclic amines) is 1. The van der Waals surface area contributed by atoms with E-state index >= 15 is 4.39 Å². The molecule has 0 spiro atoms. The van der Waals surface area contributed by atoms with Crippen LogP contribution >= 0.6 is 0 Å². The van der Waals surface area contributed by atoms with Crippen LogP contribution in [0, 0.1) is 29.5 Å². The van der Waals surface area contributed by atoms with E-state index < -0.39 is 5.82 Å². The predicted molar refractivity (Wildman–Crippen MR) is 176 cm³/mol. The molecule has 4 aromatic rings. The van der Waals surface area contributed by atoms with Crippen molar-refractivity contribution in [1.82, 2.24) is 24.8 Å². The maximum absolute atomic E-state index is 16.2. The number of rotatable bonds is 9. The molecule has 0 N–H and O–H groups in total. The van der Waals surface area contributed by atoms with Crippen LogP contribution in [0.2, 0.25) is 0 Å². The number of hydrogen-bond acceptors (Lipinski definition) is 8. The number of ether oxygens (including phenoxy) is 1. The Hall–Kier alpha value is -4.62. The second-order valence-corrected chi connectivity index (χ2v) is 13.0. The summed E-state index contributed by atoms with van der Waals surface area (Å²) in [6, 6.07) is 15.3. The molecule has 3 aliphatic rings. The second kappa shape index (κ2) is 12.3. The van der Waals surface area contributed by atoms with Gasteiger partial charge in [0, 0.05) is 37.2 Å². The summed E-state index contributed by atoms with van der Waals surface area (Å²) in [5.74, 6) is -0.199. The number of nitrogens with zero attached hydrogens (tertiary/aromatic N) is 7. The number of amides is 1. The normalized spacial score (nSPS) is 19.4. The van der Waals surface area contributed by atoms with Gasteiger partial charge in [-0.05, 0) is 74.2 Å². The number of fused-ring (bicyclic) bond motifs is 2. The first-order chi connectivity index (χ1) is 22.4. The Morgan fingerprint density at radius 2 is 1.91 bits per heavy atom. The molecule has 0 bridgehead atoms. The standard InChI is InChI=1S/C36H38FN7O2/c1-3-30(45)44-19-18-43(21-26(44)12-15-38)34-28-20-29(37)32(27-11-7-10-25-9-6-8-24(2)31(25)27)39-33(28)40-35(41-34)46-23-36(13-14-36)22-42-16-4-5-17-42/h3,6-11,20,26H,1,4-5,12-14,16-19,21-23H2,2H3/t26-/m0/s1. The lowest BCUT2D eigenvalue weighted by Gasteiger charge is -2.41. The fourth-order valence-corrected chi connectivity index (χ4v) is 7.11. The van der Waals surface area contributed by atoms with Crippen LogP contribution in [0.25, 0.3) is 33.1 Å². The summed E-state index contributed by atoms with van der Waals surface area (Å²) in [5.41, 5.74) is 2.39. The van der Waals surface area contributed by atoms with Crippen LogP contribution in [0.3, 0.4) is 0 Å². The lowest BCUT2D eigenvalue weighted by atomic mass is 9.97. The highest BCUT2D eigenvalue weighted by molar-refractivity contribution is 5.99. The van der Waals surface area contributed by atoms with Gasteiger partial charge < -0.3 is 19.4 Å². The van der Waals surface area contributed by atoms with Crippen molar-refractivity contribution in [2.75, 3.05) is 50.8 Å². The van der Waals surface area contributed by atoms with Crippen LogP contribution < -0.4 is 9.64 Å². The highest BCUT2D eigenvalue weighted by Crippen LogP contribution is 2.47. The number of carbonyl (C=O) groups is 1. The Balaban J connectivity index is 1.29. The van der Waals surface area contributed by atoms with Crippen molar-refractivity contribution in [3.8, 4) is 23.3 Å². The van der Waals surface area contributed by atoms with Gasteiger partial charge in [0.05, 0.1) is 30.5 Å². The molecule has 2 aliphatic heterocycles. The smallest absolute Gasteiger partial charge is 0.320 e. The van der Waals surface area contributed by atoms with Gasteiger partial charge in [-0.3, -0.25) is 4.79 Å². The van der Waals surface area contributed by atoms with Crippen molar-refractivity contribution in [2.45, 2.75) is 45.1 Å². The third-order valence-corrected chi connectivity index (χ3v) is 9.76. The van der Waals surface area contributed by atoms with Gasteiger partial charge in [-0.1, -0.05) is 43.0 Å². The molecule has 4 heterocycles. The third kappa shape index (κ3) is 5.76. The summed E-state index contributed by atoms with van der Waals surface area (Å²) in [5, 5.41) is 12.0. The highest BCUT2D eigenvalue weighted by atomic mass is 19.1. The van der Waals surface area contributed by atoms with E-state index in [9.17, 15) is 10.1 Å². The average molecular weight is 620 g/mol. The van der Waals surface area contributed by atoms with Gasteiger partial charge in [0.25, 0.3) is 0 Å². The molecule has 2 saturated heterocycles. The van der Waals surface area contributed by atoms with E-state index in [0.717, 1.165) is 48.8 Å². The van der Waals surface area contributed by atoms with E-state index in [1.54, 1.807) is 4.90 Å². The lowest BCUT2D eigenvalue weighted by Crippen LogP contribution is -2.55. The fourth-order valence-electron chi connectivity index (χ4n) is 7.11. The summed E-state index contributed by atoms with van der Waals surface area (Å²) < 4.78 is 22.5. The number of aryl methyl sites for hydroxylation is 1. The molecule has 46 heavy (non-hydrogen) atoms. The van der Waals surface area contributed by atoms with Crippen molar-refractivity contribution in [2.24, 2.45) is 5.41 Å². The van der Waals surface area contributed by atoms with Crippen molar-refractivity contribution in [3.05, 3.63) is 66.5 Å². The SMILES string of the molecule is C=CC(=O)N1CCN(c2nc(OCC3(CN4CCCC4)CC3)nc3nc(-c4cccc5cccc(C)c45)c(F)cc23)C[C@@H]1CC#N. The maximum atomic E-state index is 16.2. The molecule has 0 radical (unpaired) electrons. The summed E-state index contributed by atoms with van der Waals surface area (Å²) in [6.45, 7) is 10.6. The zero-order chi connectivity index (χ0) is 31.8. The average Bonchev–Trinajstić information content (AvgIpc) is 3.64. The molecule has 1 saturated carbocycles. The topological polar surface area (TPSA) is 98.5 Å². The van der Waals surface area contributed by atoms with Gasteiger partial charge in [-0.15, -0.1) is 0 Å². The number of hydrogen-bond donors (Lipinski definition) is 0. The zero-order valence-corrected chi connectivity index (χ0v) is 26.2. The number of halogens is 1. The molecule has 7 rings (SSSR count). The Kier molecular flexibility index (Phi) is 8.03. The molecule has 2 aromatic heterocycles. The summed E-state index contributed by atoms with van der Waals surface area (Å²) in [7, 11) is 0.